The molecular formula is C21H22FNO2. The first kappa shape index (κ1) is 17.2. The van der Waals surface area contributed by atoms with E-state index in [2.05, 4.69) is 37.9 Å². The molecule has 0 aliphatic rings. The molecule has 0 amide bonds. The van der Waals surface area contributed by atoms with Gasteiger partial charge in [-0.05, 0) is 23.5 Å². The summed E-state index contributed by atoms with van der Waals surface area (Å²) in [6.07, 6.45) is 0. The maximum Gasteiger partial charge on any atom is 0.192 e. The van der Waals surface area contributed by atoms with E-state index in [1.165, 1.54) is 24.8 Å². The van der Waals surface area contributed by atoms with Crippen molar-refractivity contribution < 1.29 is 9.13 Å². The second-order valence-corrected chi connectivity index (χ2v) is 7.36. The van der Waals surface area contributed by atoms with Crippen molar-refractivity contribution in [2.45, 2.75) is 33.1 Å². The third kappa shape index (κ3) is 3.16. The molecule has 4 heteroatoms. The van der Waals surface area contributed by atoms with Crippen LogP contribution in [0.3, 0.4) is 0 Å². The first-order valence-electron chi connectivity index (χ1n) is 8.23. The molecule has 0 atom stereocenters. The topological polar surface area (TPSA) is 42.1 Å². The number of ether oxygens (including phenoxy) is 1. The van der Waals surface area contributed by atoms with Crippen molar-refractivity contribution in [2.75, 3.05) is 7.11 Å². The van der Waals surface area contributed by atoms with Crippen LogP contribution in [0.15, 0.2) is 41.2 Å². The van der Waals surface area contributed by atoms with E-state index in [0.717, 1.165) is 11.1 Å². The smallest absolute Gasteiger partial charge is 0.192 e. The van der Waals surface area contributed by atoms with Crippen LogP contribution < -0.4 is 10.2 Å². The van der Waals surface area contributed by atoms with Crippen LogP contribution in [0.4, 0.5) is 4.39 Å². The molecule has 3 aromatic rings. The fraction of sp³-hybridized carbons (Fsp3) is 0.286. The number of H-pyrrole nitrogens is 1. The van der Waals surface area contributed by atoms with Crippen LogP contribution in [0.25, 0.3) is 22.2 Å². The van der Waals surface area contributed by atoms with Crippen LogP contribution in [0.5, 0.6) is 5.75 Å². The van der Waals surface area contributed by atoms with Gasteiger partial charge in [-0.2, -0.15) is 0 Å². The molecule has 0 saturated carbocycles. The van der Waals surface area contributed by atoms with Gasteiger partial charge in [-0.1, -0.05) is 39.0 Å². The van der Waals surface area contributed by atoms with Gasteiger partial charge in [0.15, 0.2) is 5.43 Å². The molecule has 0 spiro atoms. The Labute approximate surface area is 146 Å². The van der Waals surface area contributed by atoms with Crippen molar-refractivity contribution in [3.8, 4) is 17.0 Å². The Morgan fingerprint density at radius 1 is 1.08 bits per heavy atom. The molecule has 25 heavy (non-hydrogen) atoms. The maximum atomic E-state index is 14.2. The Morgan fingerprint density at radius 3 is 2.40 bits per heavy atom. The monoisotopic (exact) mass is 339 g/mol. The number of aromatic amines is 1. The molecule has 0 unspecified atom stereocenters. The number of aryl methyl sites for hydroxylation is 1. The fourth-order valence-electron chi connectivity index (χ4n) is 3.01. The summed E-state index contributed by atoms with van der Waals surface area (Å²) in [5.41, 5.74) is 4.02. The minimum absolute atomic E-state index is 0.0496. The summed E-state index contributed by atoms with van der Waals surface area (Å²) in [6.45, 7) is 8.50. The van der Waals surface area contributed by atoms with E-state index in [0.29, 0.717) is 17.0 Å². The number of pyridine rings is 1. The quantitative estimate of drug-likeness (QED) is 0.718. The van der Waals surface area contributed by atoms with Gasteiger partial charge in [0.1, 0.15) is 11.6 Å². The summed E-state index contributed by atoms with van der Waals surface area (Å²) < 4.78 is 19.3. The highest BCUT2D eigenvalue weighted by Gasteiger charge is 2.16. The van der Waals surface area contributed by atoms with Gasteiger partial charge < -0.3 is 9.72 Å². The van der Waals surface area contributed by atoms with Gasteiger partial charge in [-0.3, -0.25) is 4.79 Å². The molecule has 0 aliphatic carbocycles. The summed E-state index contributed by atoms with van der Waals surface area (Å²) in [7, 11) is 1.47. The number of halogens is 1. The van der Waals surface area contributed by atoms with Gasteiger partial charge in [-0.15, -0.1) is 0 Å². The van der Waals surface area contributed by atoms with Gasteiger partial charge in [0.05, 0.1) is 18.0 Å². The Kier molecular flexibility index (Phi) is 4.15. The van der Waals surface area contributed by atoms with Gasteiger partial charge in [0, 0.05) is 29.5 Å². The van der Waals surface area contributed by atoms with E-state index < -0.39 is 5.82 Å². The summed E-state index contributed by atoms with van der Waals surface area (Å²) in [5, 5.41) is 0.0496. The zero-order valence-electron chi connectivity index (χ0n) is 15.2. The lowest BCUT2D eigenvalue weighted by Crippen LogP contribution is -2.11. The van der Waals surface area contributed by atoms with Crippen LogP contribution in [-0.4, -0.2) is 12.1 Å². The predicted octanol–water partition coefficient (Wildman–Crippen LogP) is 4.95. The van der Waals surface area contributed by atoms with E-state index in [1.807, 2.05) is 13.0 Å². The van der Waals surface area contributed by atoms with E-state index in [1.54, 1.807) is 6.07 Å². The summed E-state index contributed by atoms with van der Waals surface area (Å²) in [6, 6.07) is 10.5. The molecular weight excluding hydrogens is 317 g/mol. The van der Waals surface area contributed by atoms with Crippen molar-refractivity contribution in [1.29, 1.82) is 0 Å². The molecule has 0 bridgehead atoms. The van der Waals surface area contributed by atoms with Crippen molar-refractivity contribution in [3.05, 3.63) is 63.6 Å². The van der Waals surface area contributed by atoms with E-state index in [4.69, 9.17) is 4.74 Å². The highest BCUT2D eigenvalue weighted by molar-refractivity contribution is 5.83. The lowest BCUT2D eigenvalue weighted by Gasteiger charge is -2.20. The molecule has 3 rings (SSSR count). The zero-order chi connectivity index (χ0) is 18.4. The van der Waals surface area contributed by atoms with E-state index in [9.17, 15) is 9.18 Å². The Hall–Kier alpha value is -2.62. The minimum Gasteiger partial charge on any atom is -0.497 e. The highest BCUT2D eigenvalue weighted by Crippen LogP contribution is 2.29. The number of benzene rings is 2. The van der Waals surface area contributed by atoms with Crippen molar-refractivity contribution in [2.24, 2.45) is 0 Å². The van der Waals surface area contributed by atoms with Gasteiger partial charge in [-0.25, -0.2) is 4.39 Å². The summed E-state index contributed by atoms with van der Waals surface area (Å²) in [4.78, 5) is 15.6. The minimum atomic E-state index is -0.582. The number of methoxy groups -OCH3 is 1. The van der Waals surface area contributed by atoms with E-state index >= 15 is 0 Å². The highest BCUT2D eigenvalue weighted by atomic mass is 19.1. The molecule has 1 N–H and O–H groups in total. The van der Waals surface area contributed by atoms with Crippen molar-refractivity contribution in [3.63, 3.8) is 0 Å². The number of aromatic nitrogens is 1. The average molecular weight is 339 g/mol. The fourth-order valence-corrected chi connectivity index (χ4v) is 3.01. The molecule has 0 fully saturated rings. The molecule has 0 saturated heterocycles. The van der Waals surface area contributed by atoms with Crippen LogP contribution in [0, 0.1) is 12.7 Å². The summed E-state index contributed by atoms with van der Waals surface area (Å²) >= 11 is 0. The second-order valence-electron chi connectivity index (χ2n) is 7.36. The third-order valence-corrected chi connectivity index (χ3v) is 4.47. The number of rotatable bonds is 2. The normalized spacial score (nSPS) is 11.8. The molecule has 2 aromatic carbocycles. The lowest BCUT2D eigenvalue weighted by atomic mass is 9.85. The molecule has 1 heterocycles. The van der Waals surface area contributed by atoms with Crippen LogP contribution in [-0.2, 0) is 5.41 Å². The number of nitrogens with one attached hydrogen (secondary N) is 1. The Morgan fingerprint density at radius 2 is 1.80 bits per heavy atom. The Balaban J connectivity index is 2.21. The first-order chi connectivity index (χ1) is 11.7. The SMILES string of the molecule is COc1cc(F)c2c(=O)cc(-c3ccc(C(C)(C)C)cc3C)[nH]c2c1. The second kappa shape index (κ2) is 6.03. The number of hydrogen-bond donors (Lipinski definition) is 1. The van der Waals surface area contributed by atoms with Gasteiger partial charge in [0.2, 0.25) is 0 Å². The standard InChI is InChI=1S/C21H22FNO2/c1-12-8-13(21(2,3)4)6-7-15(12)17-11-19(24)20-16(22)9-14(25-5)10-18(20)23-17/h6-11H,1-5H3,(H,23,24). The zero-order valence-corrected chi connectivity index (χ0v) is 15.2. The maximum absolute atomic E-state index is 14.2. The third-order valence-electron chi connectivity index (χ3n) is 4.47. The van der Waals surface area contributed by atoms with Crippen LogP contribution in [0.2, 0.25) is 0 Å². The van der Waals surface area contributed by atoms with E-state index in [-0.39, 0.29) is 16.2 Å². The Bertz CT molecular complexity index is 1010. The van der Waals surface area contributed by atoms with Crippen LogP contribution in [0.1, 0.15) is 31.9 Å². The molecule has 3 nitrogen and oxygen atoms in total. The van der Waals surface area contributed by atoms with Gasteiger partial charge in [0.25, 0.3) is 0 Å². The summed E-state index contributed by atoms with van der Waals surface area (Å²) in [5.74, 6) is -0.209. The van der Waals surface area contributed by atoms with Crippen molar-refractivity contribution >= 4 is 10.9 Å². The predicted molar refractivity (Wildman–Crippen MR) is 100.0 cm³/mol. The van der Waals surface area contributed by atoms with Crippen LogP contribution >= 0.6 is 0 Å². The lowest BCUT2D eigenvalue weighted by molar-refractivity contribution is 0.412. The molecule has 130 valence electrons. The molecule has 0 aliphatic heterocycles. The first-order valence-corrected chi connectivity index (χ1v) is 8.23. The largest absolute Gasteiger partial charge is 0.497 e. The van der Waals surface area contributed by atoms with Crippen molar-refractivity contribution in [1.82, 2.24) is 4.98 Å². The molecule has 0 radical (unpaired) electrons. The number of hydrogen-bond acceptors (Lipinski definition) is 2. The number of fused-ring (bicyclic) bond motifs is 1. The average Bonchev–Trinajstić information content (AvgIpc) is 2.52. The van der Waals surface area contributed by atoms with Gasteiger partial charge >= 0.3 is 0 Å². The molecule has 1 aromatic heterocycles.